The van der Waals surface area contributed by atoms with Gasteiger partial charge in [0.2, 0.25) is 10.0 Å². The maximum absolute atomic E-state index is 13.8. The van der Waals surface area contributed by atoms with Crippen molar-refractivity contribution in [3.8, 4) is 0 Å². The molecule has 0 saturated carbocycles. The number of hydrogen-bond acceptors (Lipinski definition) is 6. The summed E-state index contributed by atoms with van der Waals surface area (Å²) in [6, 6.07) is 10.0. The molecule has 1 fully saturated rings. The number of nitrogens with zero attached hydrogens (tertiary/aromatic N) is 3. The first-order chi connectivity index (χ1) is 18.0. The molecule has 0 aliphatic carbocycles. The number of aromatic nitrogens is 1. The summed E-state index contributed by atoms with van der Waals surface area (Å²) in [7, 11) is -3.69. The van der Waals surface area contributed by atoms with E-state index in [1.54, 1.807) is 17.0 Å². The fraction of sp³-hybridized carbons (Fsp3) is 0.500. The Morgan fingerprint density at radius 2 is 1.76 bits per heavy atom. The highest BCUT2D eigenvalue weighted by Crippen LogP contribution is 2.35. The summed E-state index contributed by atoms with van der Waals surface area (Å²) in [6.07, 6.45) is 1.76. The highest BCUT2D eigenvalue weighted by atomic mass is 35.5. The molecule has 1 atom stereocenters. The second-order valence-electron chi connectivity index (χ2n) is 10.7. The molecule has 1 unspecified atom stereocenters. The number of rotatable bonds is 10. The Balaban J connectivity index is 1.65. The van der Waals surface area contributed by atoms with E-state index < -0.39 is 10.0 Å². The average molecular weight is 578 g/mol. The van der Waals surface area contributed by atoms with Crippen LogP contribution in [-0.2, 0) is 14.8 Å². The molecule has 1 aliphatic heterocycles. The first kappa shape index (κ1) is 29.0. The Hall–Kier alpha value is -2.04. The molecule has 2 aromatic carbocycles. The SMILES string of the molecule is Cc1c(Cl)ccc2sc(N(CC3CCCO3)C(=O)c3ccc(S(=O)(=O)N(CC(C)C)CC(C)C)cc3)nc12. The van der Waals surface area contributed by atoms with Crippen molar-refractivity contribution in [1.82, 2.24) is 9.29 Å². The van der Waals surface area contributed by atoms with E-state index in [0.29, 0.717) is 42.0 Å². The molecule has 0 bridgehead atoms. The molecule has 0 N–H and O–H groups in total. The predicted molar refractivity (Wildman–Crippen MR) is 155 cm³/mol. The molecule has 0 radical (unpaired) electrons. The van der Waals surface area contributed by atoms with Crippen LogP contribution in [0.2, 0.25) is 5.02 Å². The number of halogens is 1. The van der Waals surface area contributed by atoms with Gasteiger partial charge in [0.05, 0.1) is 27.8 Å². The van der Waals surface area contributed by atoms with E-state index >= 15 is 0 Å². The van der Waals surface area contributed by atoms with Gasteiger partial charge in [-0.2, -0.15) is 4.31 Å². The third kappa shape index (κ3) is 6.39. The number of hydrogen-bond donors (Lipinski definition) is 0. The molecule has 0 spiro atoms. The lowest BCUT2D eigenvalue weighted by Crippen LogP contribution is -2.38. The van der Waals surface area contributed by atoms with E-state index in [9.17, 15) is 13.2 Å². The fourth-order valence-corrected chi connectivity index (χ4v) is 7.56. The predicted octanol–water partition coefficient (Wildman–Crippen LogP) is 6.39. The number of aryl methyl sites for hydroxylation is 1. The van der Waals surface area contributed by atoms with Crippen LogP contribution >= 0.6 is 22.9 Å². The zero-order chi connectivity index (χ0) is 27.6. The smallest absolute Gasteiger partial charge is 0.260 e. The molecule has 206 valence electrons. The van der Waals surface area contributed by atoms with Crippen molar-refractivity contribution in [3.05, 3.63) is 52.5 Å². The van der Waals surface area contributed by atoms with Gasteiger partial charge in [-0.3, -0.25) is 9.69 Å². The van der Waals surface area contributed by atoms with Crippen molar-refractivity contribution in [3.63, 3.8) is 0 Å². The van der Waals surface area contributed by atoms with E-state index in [4.69, 9.17) is 21.3 Å². The quantitative estimate of drug-likeness (QED) is 0.279. The molecule has 4 rings (SSSR count). The van der Waals surface area contributed by atoms with Crippen LogP contribution < -0.4 is 4.90 Å². The van der Waals surface area contributed by atoms with Crippen LogP contribution in [0.15, 0.2) is 41.3 Å². The van der Waals surface area contributed by atoms with E-state index in [2.05, 4.69) is 0 Å². The summed E-state index contributed by atoms with van der Waals surface area (Å²) in [5, 5.41) is 1.20. The van der Waals surface area contributed by atoms with Crippen LogP contribution in [0.25, 0.3) is 10.2 Å². The van der Waals surface area contributed by atoms with Gasteiger partial charge in [-0.05, 0) is 73.6 Å². The molecule has 1 saturated heterocycles. The number of carbonyl (C=O) groups excluding carboxylic acids is 1. The topological polar surface area (TPSA) is 79.8 Å². The molecule has 10 heteroatoms. The number of carbonyl (C=O) groups is 1. The number of benzene rings is 2. The zero-order valence-electron chi connectivity index (χ0n) is 22.6. The van der Waals surface area contributed by atoms with Gasteiger partial charge in [-0.15, -0.1) is 0 Å². The van der Waals surface area contributed by atoms with Crippen LogP contribution in [0.1, 0.15) is 56.5 Å². The summed E-state index contributed by atoms with van der Waals surface area (Å²) in [5.41, 5.74) is 2.05. The first-order valence-electron chi connectivity index (χ1n) is 13.1. The third-order valence-electron chi connectivity index (χ3n) is 6.50. The number of fused-ring (bicyclic) bond motifs is 1. The van der Waals surface area contributed by atoms with Crippen molar-refractivity contribution in [2.45, 2.75) is 58.5 Å². The van der Waals surface area contributed by atoms with Gasteiger partial charge in [0.15, 0.2) is 5.13 Å². The van der Waals surface area contributed by atoms with Gasteiger partial charge in [-0.25, -0.2) is 13.4 Å². The molecular formula is C28H36ClN3O4S2. The molecule has 7 nitrogen and oxygen atoms in total. The standard InChI is InChI=1S/C28H36ClN3O4S2/c1-18(2)15-31(16-19(3)4)38(34,35)23-10-8-21(9-11-23)27(33)32(17-22-7-6-14-36-22)28-30-26-20(5)24(29)12-13-25(26)37-28/h8-13,18-19,22H,6-7,14-17H2,1-5H3. The Morgan fingerprint density at radius 3 is 2.34 bits per heavy atom. The van der Waals surface area contributed by atoms with Crippen molar-refractivity contribution >= 4 is 54.2 Å². The van der Waals surface area contributed by atoms with Crippen molar-refractivity contribution in [1.29, 1.82) is 0 Å². The second-order valence-corrected chi connectivity index (χ2v) is 14.1. The summed E-state index contributed by atoms with van der Waals surface area (Å²) in [5.74, 6) is 0.152. The molecule has 1 aromatic heterocycles. The minimum absolute atomic E-state index is 0.0732. The lowest BCUT2D eigenvalue weighted by molar-refractivity contribution is 0.0917. The maximum Gasteiger partial charge on any atom is 0.260 e. The van der Waals surface area contributed by atoms with Gasteiger partial charge in [0.25, 0.3) is 5.91 Å². The third-order valence-corrected chi connectivity index (χ3v) is 9.80. The fourth-order valence-electron chi connectivity index (χ4n) is 4.60. The van der Waals surface area contributed by atoms with Crippen LogP contribution in [0.5, 0.6) is 0 Å². The summed E-state index contributed by atoms with van der Waals surface area (Å²) in [4.78, 5) is 20.4. The highest BCUT2D eigenvalue weighted by Gasteiger charge is 2.29. The summed E-state index contributed by atoms with van der Waals surface area (Å²) in [6.45, 7) is 11.9. The van der Waals surface area contributed by atoms with Crippen LogP contribution in [0, 0.1) is 18.8 Å². The number of anilines is 1. The highest BCUT2D eigenvalue weighted by molar-refractivity contribution is 7.89. The maximum atomic E-state index is 13.8. The number of sulfonamides is 1. The van der Waals surface area contributed by atoms with Crippen molar-refractivity contribution in [2.75, 3.05) is 31.1 Å². The van der Waals surface area contributed by atoms with Gasteiger partial charge in [-0.1, -0.05) is 50.6 Å². The molecule has 3 aromatic rings. The van der Waals surface area contributed by atoms with Crippen molar-refractivity contribution in [2.24, 2.45) is 11.8 Å². The number of thiazole rings is 1. The Labute approximate surface area is 234 Å². The van der Waals surface area contributed by atoms with E-state index in [0.717, 1.165) is 28.6 Å². The van der Waals surface area contributed by atoms with Gasteiger partial charge < -0.3 is 4.74 Å². The zero-order valence-corrected chi connectivity index (χ0v) is 25.0. The molecule has 2 heterocycles. The Kier molecular flexibility index (Phi) is 9.15. The summed E-state index contributed by atoms with van der Waals surface area (Å²) >= 11 is 7.75. The largest absolute Gasteiger partial charge is 0.376 e. The second kappa shape index (κ2) is 12.0. The van der Waals surface area contributed by atoms with Gasteiger partial charge >= 0.3 is 0 Å². The van der Waals surface area contributed by atoms with Crippen molar-refractivity contribution < 1.29 is 17.9 Å². The Morgan fingerprint density at radius 1 is 1.11 bits per heavy atom. The van der Waals surface area contributed by atoms with E-state index in [1.807, 2.05) is 46.8 Å². The number of ether oxygens (including phenoxy) is 1. The molecular weight excluding hydrogens is 542 g/mol. The van der Waals surface area contributed by atoms with Crippen LogP contribution in [0.3, 0.4) is 0 Å². The van der Waals surface area contributed by atoms with E-state index in [-0.39, 0.29) is 28.7 Å². The number of amides is 1. The lowest BCUT2D eigenvalue weighted by atomic mass is 10.2. The molecule has 38 heavy (non-hydrogen) atoms. The minimum atomic E-state index is -3.69. The lowest BCUT2D eigenvalue weighted by Gasteiger charge is -2.26. The van der Waals surface area contributed by atoms with Crippen LogP contribution in [-0.4, -0.2) is 56.0 Å². The summed E-state index contributed by atoms with van der Waals surface area (Å²) < 4.78 is 35.2. The minimum Gasteiger partial charge on any atom is -0.376 e. The first-order valence-corrected chi connectivity index (χ1v) is 15.7. The van der Waals surface area contributed by atoms with Gasteiger partial charge in [0, 0.05) is 30.3 Å². The monoisotopic (exact) mass is 577 g/mol. The normalized spacial score (nSPS) is 16.3. The van der Waals surface area contributed by atoms with Gasteiger partial charge in [0.1, 0.15) is 0 Å². The van der Waals surface area contributed by atoms with Crippen LogP contribution in [0.4, 0.5) is 5.13 Å². The Bertz CT molecular complexity index is 1370. The molecule has 1 amide bonds. The van der Waals surface area contributed by atoms with E-state index in [1.165, 1.54) is 27.8 Å². The average Bonchev–Trinajstić information content (AvgIpc) is 3.54. The molecule has 1 aliphatic rings.